The van der Waals surface area contributed by atoms with E-state index in [0.29, 0.717) is 33.8 Å². The predicted molar refractivity (Wildman–Crippen MR) is 141 cm³/mol. The molecule has 4 aromatic rings. The summed E-state index contributed by atoms with van der Waals surface area (Å²) in [5.41, 5.74) is 2.46. The number of thiophene rings is 1. The van der Waals surface area contributed by atoms with Crippen molar-refractivity contribution in [2.45, 2.75) is 26.8 Å². The van der Waals surface area contributed by atoms with E-state index in [4.69, 9.17) is 4.74 Å². The minimum Gasteiger partial charge on any atom is -0.482 e. The van der Waals surface area contributed by atoms with Crippen molar-refractivity contribution in [1.82, 2.24) is 9.55 Å². The maximum absolute atomic E-state index is 13.6. The minimum atomic E-state index is -0.786. The zero-order valence-corrected chi connectivity index (χ0v) is 21.8. The van der Waals surface area contributed by atoms with E-state index in [0.717, 1.165) is 20.5 Å². The van der Waals surface area contributed by atoms with Gasteiger partial charge in [0, 0.05) is 27.0 Å². The van der Waals surface area contributed by atoms with Crippen LogP contribution in [0.15, 0.2) is 58.1 Å². The number of aromatic nitrogens is 2. The monoisotopic (exact) mass is 551 g/mol. The number of carbonyl (C=O) groups is 2. The molecule has 2 aromatic carbocycles. The normalized spacial score (nSPS) is 14.1. The topological polar surface area (TPSA) is 81.5 Å². The van der Waals surface area contributed by atoms with Crippen molar-refractivity contribution in [2.24, 2.45) is 0 Å². The van der Waals surface area contributed by atoms with Gasteiger partial charge in [-0.3, -0.25) is 19.0 Å². The van der Waals surface area contributed by atoms with Crippen molar-refractivity contribution in [3.63, 3.8) is 0 Å². The molecule has 0 saturated heterocycles. The number of hydrogen-bond donors (Lipinski definition) is 0. The van der Waals surface area contributed by atoms with Crippen molar-refractivity contribution in [3.05, 3.63) is 74.1 Å². The molecule has 2 aromatic heterocycles. The summed E-state index contributed by atoms with van der Waals surface area (Å²) in [5.74, 6) is 0.155. The first-order chi connectivity index (χ1) is 16.8. The molecule has 1 aliphatic rings. The standard InChI is InChI=1S/C26H22BrN3O4S/c1-4-29-19-11-17(7-10-20(19)34-12-21(29)31)24(32)14(2)30-13-28-25-23(26(30)33)22(15(3)35-25)16-5-8-18(27)9-6-16/h5-11,13-14H,4,12H2,1-3H3. The van der Waals surface area contributed by atoms with Gasteiger partial charge in [0.25, 0.3) is 11.5 Å². The van der Waals surface area contributed by atoms with Crippen LogP contribution in [0.25, 0.3) is 21.3 Å². The summed E-state index contributed by atoms with van der Waals surface area (Å²) in [6.45, 7) is 5.98. The van der Waals surface area contributed by atoms with Crippen molar-refractivity contribution in [1.29, 1.82) is 0 Å². The summed E-state index contributed by atoms with van der Waals surface area (Å²) in [4.78, 5) is 47.1. The summed E-state index contributed by atoms with van der Waals surface area (Å²) in [6, 6.07) is 12.0. The zero-order valence-electron chi connectivity index (χ0n) is 19.4. The predicted octanol–water partition coefficient (Wildman–Crippen LogP) is 5.39. The van der Waals surface area contributed by atoms with Gasteiger partial charge in [0.1, 0.15) is 10.6 Å². The Kier molecular flexibility index (Phi) is 6.06. The van der Waals surface area contributed by atoms with Gasteiger partial charge in [-0.05, 0) is 56.7 Å². The molecule has 7 nitrogen and oxygen atoms in total. The molecule has 178 valence electrons. The smallest absolute Gasteiger partial charge is 0.265 e. The number of hydrogen-bond acceptors (Lipinski definition) is 6. The molecule has 0 N–H and O–H groups in total. The van der Waals surface area contributed by atoms with E-state index in [1.165, 1.54) is 22.2 Å². The van der Waals surface area contributed by atoms with Gasteiger partial charge in [0.05, 0.1) is 23.4 Å². The maximum atomic E-state index is 13.6. The lowest BCUT2D eigenvalue weighted by Crippen LogP contribution is -2.38. The Balaban J connectivity index is 1.57. The molecule has 0 radical (unpaired) electrons. The van der Waals surface area contributed by atoms with E-state index in [1.54, 1.807) is 30.0 Å². The number of anilines is 1. The molecule has 1 aliphatic heterocycles. The number of ether oxygens (including phenoxy) is 1. The van der Waals surface area contributed by atoms with Crippen LogP contribution < -0.4 is 15.2 Å². The fourth-order valence-corrected chi connectivity index (χ4v) is 5.69. The van der Waals surface area contributed by atoms with Crippen LogP contribution in [-0.4, -0.2) is 34.4 Å². The number of rotatable bonds is 5. The highest BCUT2D eigenvalue weighted by Gasteiger charge is 2.27. The zero-order chi connectivity index (χ0) is 24.9. The second kappa shape index (κ2) is 9.05. The highest BCUT2D eigenvalue weighted by molar-refractivity contribution is 9.10. The number of aryl methyl sites for hydroxylation is 1. The third kappa shape index (κ3) is 3.98. The van der Waals surface area contributed by atoms with E-state index in [-0.39, 0.29) is 23.9 Å². The molecule has 5 rings (SSSR count). The van der Waals surface area contributed by atoms with E-state index in [1.807, 2.05) is 38.1 Å². The van der Waals surface area contributed by atoms with Gasteiger partial charge in [-0.25, -0.2) is 4.98 Å². The molecule has 0 aliphatic carbocycles. The summed E-state index contributed by atoms with van der Waals surface area (Å²) in [7, 11) is 0. The number of likely N-dealkylation sites (N-methyl/N-ethyl adjacent to an activating group) is 1. The summed E-state index contributed by atoms with van der Waals surface area (Å²) < 4.78 is 7.85. The van der Waals surface area contributed by atoms with E-state index in [2.05, 4.69) is 20.9 Å². The lowest BCUT2D eigenvalue weighted by atomic mass is 10.0. The highest BCUT2D eigenvalue weighted by atomic mass is 79.9. The Hall–Kier alpha value is -3.30. The first kappa shape index (κ1) is 23.4. The van der Waals surface area contributed by atoms with Crippen LogP contribution in [0.1, 0.15) is 35.1 Å². The first-order valence-corrected chi connectivity index (χ1v) is 12.8. The number of halogens is 1. The van der Waals surface area contributed by atoms with Crippen molar-refractivity contribution in [2.75, 3.05) is 18.1 Å². The molecule has 1 amide bonds. The Morgan fingerprint density at radius 2 is 1.94 bits per heavy atom. The average Bonchev–Trinajstić information content (AvgIpc) is 3.20. The van der Waals surface area contributed by atoms with Crippen LogP contribution in [0.2, 0.25) is 0 Å². The average molecular weight is 552 g/mol. The molecule has 35 heavy (non-hydrogen) atoms. The number of Topliss-reactive ketones (excluding diaryl/α,β-unsaturated/α-hetero) is 1. The molecule has 1 atom stereocenters. The van der Waals surface area contributed by atoms with Crippen LogP contribution >= 0.6 is 27.3 Å². The molecule has 0 fully saturated rings. The molecule has 9 heteroatoms. The van der Waals surface area contributed by atoms with Crippen LogP contribution in [0.4, 0.5) is 5.69 Å². The van der Waals surface area contributed by atoms with Crippen molar-refractivity contribution < 1.29 is 14.3 Å². The van der Waals surface area contributed by atoms with E-state index < -0.39 is 6.04 Å². The lowest BCUT2D eigenvalue weighted by Gasteiger charge is -2.28. The Morgan fingerprint density at radius 1 is 1.20 bits per heavy atom. The summed E-state index contributed by atoms with van der Waals surface area (Å²) in [5, 5.41) is 0.513. The quantitative estimate of drug-likeness (QED) is 0.311. The molecule has 3 heterocycles. The third-order valence-electron chi connectivity index (χ3n) is 6.25. The van der Waals surface area contributed by atoms with Crippen LogP contribution in [0, 0.1) is 6.92 Å². The van der Waals surface area contributed by atoms with Gasteiger partial charge >= 0.3 is 0 Å². The first-order valence-electron chi connectivity index (χ1n) is 11.2. The third-order valence-corrected chi connectivity index (χ3v) is 7.79. The van der Waals surface area contributed by atoms with Crippen LogP contribution in [0.5, 0.6) is 5.75 Å². The van der Waals surface area contributed by atoms with Crippen LogP contribution in [-0.2, 0) is 4.79 Å². The van der Waals surface area contributed by atoms with Gasteiger partial charge in [-0.15, -0.1) is 11.3 Å². The number of nitrogens with zero attached hydrogens (tertiary/aromatic N) is 3. The van der Waals surface area contributed by atoms with Gasteiger partial charge in [-0.1, -0.05) is 28.1 Å². The Labute approximate surface area is 214 Å². The number of amides is 1. The summed E-state index contributed by atoms with van der Waals surface area (Å²) in [6.07, 6.45) is 1.44. The van der Waals surface area contributed by atoms with Gasteiger partial charge in [-0.2, -0.15) is 0 Å². The van der Waals surface area contributed by atoms with E-state index >= 15 is 0 Å². The Morgan fingerprint density at radius 3 is 2.66 bits per heavy atom. The fourth-order valence-electron chi connectivity index (χ4n) is 4.43. The summed E-state index contributed by atoms with van der Waals surface area (Å²) >= 11 is 4.92. The highest BCUT2D eigenvalue weighted by Crippen LogP contribution is 2.37. The van der Waals surface area contributed by atoms with E-state index in [9.17, 15) is 14.4 Å². The van der Waals surface area contributed by atoms with Crippen molar-refractivity contribution in [3.8, 4) is 16.9 Å². The lowest BCUT2D eigenvalue weighted by molar-refractivity contribution is -0.121. The molecule has 0 bridgehead atoms. The van der Waals surface area contributed by atoms with Gasteiger partial charge in [0.15, 0.2) is 12.4 Å². The SMILES string of the molecule is CCN1C(=O)COc2ccc(C(=O)C(C)n3cnc4sc(C)c(-c5ccc(Br)cc5)c4c3=O)cc21. The minimum absolute atomic E-state index is 0.0215. The Bertz CT molecular complexity index is 1540. The molecular weight excluding hydrogens is 530 g/mol. The number of fused-ring (bicyclic) bond motifs is 2. The maximum Gasteiger partial charge on any atom is 0.265 e. The van der Waals surface area contributed by atoms with Gasteiger partial charge in [0.2, 0.25) is 0 Å². The second-order valence-electron chi connectivity index (χ2n) is 8.33. The number of ketones is 1. The second-order valence-corrected chi connectivity index (χ2v) is 10.4. The molecular formula is C26H22BrN3O4S. The van der Waals surface area contributed by atoms with Gasteiger partial charge < -0.3 is 9.64 Å². The van der Waals surface area contributed by atoms with Crippen molar-refractivity contribution >= 4 is 54.9 Å². The number of carbonyl (C=O) groups excluding carboxylic acids is 2. The van der Waals surface area contributed by atoms with Crippen LogP contribution in [0.3, 0.4) is 0 Å². The molecule has 0 spiro atoms. The largest absolute Gasteiger partial charge is 0.482 e. The molecule has 1 unspecified atom stereocenters. The molecule has 0 saturated carbocycles. The number of benzene rings is 2. The fraction of sp³-hybridized carbons (Fsp3) is 0.231.